The van der Waals surface area contributed by atoms with Crippen LogP contribution in [-0.4, -0.2) is 43.4 Å². The van der Waals surface area contributed by atoms with Gasteiger partial charge in [0.2, 0.25) is 10.0 Å². The topological polar surface area (TPSA) is 63.4 Å². The summed E-state index contributed by atoms with van der Waals surface area (Å²) < 4.78 is 52.2. The molecule has 2 N–H and O–H groups in total. The minimum absolute atomic E-state index is 0.0972. The zero-order valence-electron chi connectivity index (χ0n) is 11.7. The average molecular weight is 336 g/mol. The highest BCUT2D eigenvalue weighted by molar-refractivity contribution is 8.00. The van der Waals surface area contributed by atoms with Gasteiger partial charge in [-0.2, -0.15) is 16.1 Å². The van der Waals surface area contributed by atoms with Crippen LogP contribution in [0.4, 0.5) is 8.78 Å². The highest BCUT2D eigenvalue weighted by Crippen LogP contribution is 2.35. The third-order valence-electron chi connectivity index (χ3n) is 3.97. The molecule has 4 nitrogen and oxygen atoms in total. The molecule has 8 heteroatoms. The number of rotatable bonds is 4. The second-order valence-corrected chi connectivity index (χ2v) is 8.28. The summed E-state index contributed by atoms with van der Waals surface area (Å²) in [5, 5.41) is 0. The Bertz CT molecular complexity index is 609. The molecule has 1 aliphatic heterocycles. The number of benzene rings is 1. The van der Waals surface area contributed by atoms with Crippen molar-refractivity contribution in [3.8, 4) is 0 Å². The monoisotopic (exact) mass is 336 g/mol. The van der Waals surface area contributed by atoms with Gasteiger partial charge in [-0.1, -0.05) is 0 Å². The smallest absolute Gasteiger partial charge is 0.243 e. The van der Waals surface area contributed by atoms with Crippen LogP contribution in [0.1, 0.15) is 12.8 Å². The fourth-order valence-electron chi connectivity index (χ4n) is 2.41. The summed E-state index contributed by atoms with van der Waals surface area (Å²) in [5.41, 5.74) is 5.77. The van der Waals surface area contributed by atoms with E-state index in [0.29, 0.717) is 32.5 Å². The van der Waals surface area contributed by atoms with E-state index in [0.717, 1.165) is 18.2 Å². The molecule has 1 aliphatic rings. The minimum Gasteiger partial charge on any atom is -0.329 e. The molecule has 1 aromatic carbocycles. The van der Waals surface area contributed by atoms with Crippen molar-refractivity contribution in [1.82, 2.24) is 4.31 Å². The van der Waals surface area contributed by atoms with Gasteiger partial charge in [0.25, 0.3) is 0 Å². The van der Waals surface area contributed by atoms with Gasteiger partial charge in [-0.15, -0.1) is 0 Å². The molecule has 0 radical (unpaired) electrons. The van der Waals surface area contributed by atoms with Crippen LogP contribution in [0.25, 0.3) is 0 Å². The van der Waals surface area contributed by atoms with E-state index in [-0.39, 0.29) is 9.64 Å². The van der Waals surface area contributed by atoms with Crippen LogP contribution >= 0.6 is 11.8 Å². The number of sulfonamides is 1. The van der Waals surface area contributed by atoms with Crippen molar-refractivity contribution in [2.45, 2.75) is 22.5 Å². The predicted octanol–water partition coefficient (Wildman–Crippen LogP) is 1.81. The molecule has 0 bridgehead atoms. The predicted molar refractivity (Wildman–Crippen MR) is 79.7 cm³/mol. The highest BCUT2D eigenvalue weighted by atomic mass is 32.2. The van der Waals surface area contributed by atoms with Crippen molar-refractivity contribution in [2.75, 3.05) is 25.9 Å². The molecule has 1 fully saturated rings. The Balaban J connectivity index is 2.20. The number of hydrogen-bond acceptors (Lipinski definition) is 4. The van der Waals surface area contributed by atoms with Gasteiger partial charge in [0.15, 0.2) is 11.6 Å². The van der Waals surface area contributed by atoms with E-state index in [2.05, 4.69) is 0 Å². The molecule has 1 saturated heterocycles. The van der Waals surface area contributed by atoms with Crippen LogP contribution in [0.3, 0.4) is 0 Å². The average Bonchev–Trinajstić information content (AvgIpc) is 2.50. The van der Waals surface area contributed by atoms with E-state index in [1.165, 1.54) is 4.31 Å². The number of nitrogens with zero attached hydrogens (tertiary/aromatic N) is 1. The van der Waals surface area contributed by atoms with Crippen LogP contribution in [0.5, 0.6) is 0 Å². The summed E-state index contributed by atoms with van der Waals surface area (Å²) in [6.45, 7) is 1.16. The fourth-order valence-corrected chi connectivity index (χ4v) is 4.62. The molecule has 1 aromatic rings. The van der Waals surface area contributed by atoms with Crippen molar-refractivity contribution < 1.29 is 17.2 Å². The molecule has 0 spiro atoms. The number of nitrogens with two attached hydrogens (primary N) is 1. The largest absolute Gasteiger partial charge is 0.329 e. The third-order valence-corrected chi connectivity index (χ3v) is 7.30. The van der Waals surface area contributed by atoms with Gasteiger partial charge in [0.05, 0.1) is 4.90 Å². The van der Waals surface area contributed by atoms with Crippen molar-refractivity contribution in [2.24, 2.45) is 5.73 Å². The van der Waals surface area contributed by atoms with Gasteiger partial charge in [-0.3, -0.25) is 0 Å². The quantitative estimate of drug-likeness (QED) is 0.911. The summed E-state index contributed by atoms with van der Waals surface area (Å²) >= 11 is 1.65. The van der Waals surface area contributed by atoms with Crippen molar-refractivity contribution in [3.63, 3.8) is 0 Å². The minimum atomic E-state index is -3.79. The van der Waals surface area contributed by atoms with Crippen molar-refractivity contribution in [3.05, 3.63) is 29.8 Å². The molecular weight excluding hydrogens is 318 g/mol. The van der Waals surface area contributed by atoms with Gasteiger partial charge in [-0.25, -0.2) is 17.2 Å². The second kappa shape index (κ2) is 6.20. The Morgan fingerprint density at radius 3 is 2.38 bits per heavy atom. The Hall–Kier alpha value is -0.700. The lowest BCUT2D eigenvalue weighted by Gasteiger charge is -2.39. The first-order valence-electron chi connectivity index (χ1n) is 6.55. The fraction of sp³-hybridized carbons (Fsp3) is 0.538. The van der Waals surface area contributed by atoms with E-state index in [1.807, 2.05) is 6.26 Å². The van der Waals surface area contributed by atoms with E-state index < -0.39 is 21.7 Å². The zero-order chi connectivity index (χ0) is 15.7. The molecule has 0 aliphatic carbocycles. The van der Waals surface area contributed by atoms with Gasteiger partial charge in [0.1, 0.15) is 0 Å². The molecule has 0 aromatic heterocycles. The Kier molecular flexibility index (Phi) is 4.92. The van der Waals surface area contributed by atoms with Gasteiger partial charge in [0, 0.05) is 24.4 Å². The first kappa shape index (κ1) is 16.7. The lowest BCUT2D eigenvalue weighted by atomic mass is 9.97. The Morgan fingerprint density at radius 1 is 1.29 bits per heavy atom. The lowest BCUT2D eigenvalue weighted by Crippen LogP contribution is -2.48. The van der Waals surface area contributed by atoms with E-state index in [4.69, 9.17) is 5.73 Å². The molecule has 0 unspecified atom stereocenters. The zero-order valence-corrected chi connectivity index (χ0v) is 13.3. The molecule has 1 heterocycles. The molecular formula is C13H18F2N2O2S2. The van der Waals surface area contributed by atoms with Crippen LogP contribution < -0.4 is 5.73 Å². The van der Waals surface area contributed by atoms with Crippen molar-refractivity contribution in [1.29, 1.82) is 0 Å². The van der Waals surface area contributed by atoms with Crippen LogP contribution in [-0.2, 0) is 10.0 Å². The van der Waals surface area contributed by atoms with E-state index in [9.17, 15) is 17.2 Å². The van der Waals surface area contributed by atoms with Crippen LogP contribution in [0, 0.1) is 11.6 Å². The second-order valence-electron chi connectivity index (χ2n) is 5.07. The number of hydrogen-bond donors (Lipinski definition) is 1. The summed E-state index contributed by atoms with van der Waals surface area (Å²) in [6, 6.07) is 2.65. The standard InChI is InChI=1S/C13H18F2N2O2S2/c1-20-13(9-16)4-6-17(7-5-13)21(18,19)10-2-3-11(14)12(15)8-10/h2-3,8H,4-7,9,16H2,1H3. The first-order valence-corrected chi connectivity index (χ1v) is 9.21. The maximum Gasteiger partial charge on any atom is 0.243 e. The third kappa shape index (κ3) is 3.23. The molecule has 21 heavy (non-hydrogen) atoms. The summed E-state index contributed by atoms with van der Waals surface area (Å²) in [5.74, 6) is -2.22. The Labute approximate surface area is 127 Å². The number of thioether (sulfide) groups is 1. The summed E-state index contributed by atoms with van der Waals surface area (Å²) in [6.07, 6.45) is 3.26. The van der Waals surface area contributed by atoms with E-state index >= 15 is 0 Å². The maximum atomic E-state index is 13.2. The van der Waals surface area contributed by atoms with Gasteiger partial charge in [-0.05, 0) is 37.3 Å². The summed E-state index contributed by atoms with van der Waals surface area (Å²) in [7, 11) is -3.79. The van der Waals surface area contributed by atoms with Crippen LogP contribution in [0.2, 0.25) is 0 Å². The number of halogens is 2. The molecule has 118 valence electrons. The van der Waals surface area contributed by atoms with Gasteiger partial charge >= 0.3 is 0 Å². The van der Waals surface area contributed by atoms with Gasteiger partial charge < -0.3 is 5.73 Å². The molecule has 2 rings (SSSR count). The van der Waals surface area contributed by atoms with E-state index in [1.54, 1.807) is 11.8 Å². The lowest BCUT2D eigenvalue weighted by molar-refractivity contribution is 0.301. The molecule has 0 saturated carbocycles. The van der Waals surface area contributed by atoms with Crippen LogP contribution in [0.15, 0.2) is 23.1 Å². The molecule has 0 amide bonds. The highest BCUT2D eigenvalue weighted by Gasteiger charge is 2.37. The SMILES string of the molecule is CSC1(CN)CCN(S(=O)(=O)c2ccc(F)c(F)c2)CC1. The first-order chi connectivity index (χ1) is 9.84. The normalized spacial score (nSPS) is 19.6. The maximum absolute atomic E-state index is 13.2. The van der Waals surface area contributed by atoms with Crippen molar-refractivity contribution >= 4 is 21.8 Å². The Morgan fingerprint density at radius 2 is 1.90 bits per heavy atom. The number of piperidine rings is 1. The molecule has 0 atom stereocenters. The summed E-state index contributed by atoms with van der Waals surface area (Å²) in [4.78, 5) is -0.217.